The van der Waals surface area contributed by atoms with E-state index in [0.717, 1.165) is 42.3 Å². The molecule has 5 nitrogen and oxygen atoms in total. The fraction of sp³-hybridized carbons (Fsp3) is 0.438. The molecule has 2 heterocycles. The normalized spacial score (nSPS) is 16.3. The average Bonchev–Trinajstić information content (AvgIpc) is 2.53. The van der Waals surface area contributed by atoms with Crippen molar-refractivity contribution in [1.82, 2.24) is 14.9 Å². The lowest BCUT2D eigenvalue weighted by Gasteiger charge is -2.29. The van der Waals surface area contributed by atoms with Gasteiger partial charge < -0.3 is 10.0 Å². The van der Waals surface area contributed by atoms with Crippen LogP contribution in [0.4, 0.5) is 4.79 Å². The van der Waals surface area contributed by atoms with Crippen LogP contribution in [0, 0.1) is 5.92 Å². The highest BCUT2D eigenvalue weighted by Gasteiger charge is 2.22. The second kappa shape index (κ2) is 6.08. The Bertz CT molecular complexity index is 631. The van der Waals surface area contributed by atoms with Crippen molar-refractivity contribution in [3.05, 3.63) is 36.3 Å². The first-order valence-electron chi connectivity index (χ1n) is 7.40. The number of likely N-dealkylation sites (tertiary alicyclic amines) is 1. The van der Waals surface area contributed by atoms with E-state index in [1.807, 2.05) is 18.2 Å². The quantitative estimate of drug-likeness (QED) is 0.941. The minimum Gasteiger partial charge on any atom is -0.465 e. The topological polar surface area (TPSA) is 66.3 Å². The summed E-state index contributed by atoms with van der Waals surface area (Å²) in [5.74, 6) is 0.592. The average molecular weight is 285 g/mol. The van der Waals surface area contributed by atoms with Crippen LogP contribution in [-0.4, -0.2) is 39.2 Å². The maximum atomic E-state index is 10.9. The number of hydrogen-bond donors (Lipinski definition) is 1. The molecule has 2 aromatic rings. The fourth-order valence-corrected chi connectivity index (χ4v) is 3.01. The Balaban J connectivity index is 1.61. The number of hydrogen-bond acceptors (Lipinski definition) is 3. The molecule has 21 heavy (non-hydrogen) atoms. The lowest BCUT2D eigenvalue weighted by atomic mass is 9.91. The van der Waals surface area contributed by atoms with Gasteiger partial charge in [0.15, 0.2) is 0 Å². The number of aromatic nitrogens is 2. The zero-order chi connectivity index (χ0) is 14.7. The Labute approximate surface area is 123 Å². The van der Waals surface area contributed by atoms with Gasteiger partial charge in [-0.3, -0.25) is 0 Å². The molecule has 110 valence electrons. The van der Waals surface area contributed by atoms with Crippen LogP contribution >= 0.6 is 0 Å². The second-order valence-electron chi connectivity index (χ2n) is 5.59. The highest BCUT2D eigenvalue weighted by atomic mass is 16.4. The monoisotopic (exact) mass is 285 g/mol. The van der Waals surface area contributed by atoms with Crippen molar-refractivity contribution in [2.24, 2.45) is 5.92 Å². The predicted molar refractivity (Wildman–Crippen MR) is 80.2 cm³/mol. The van der Waals surface area contributed by atoms with Crippen molar-refractivity contribution in [2.75, 3.05) is 13.1 Å². The third-order valence-corrected chi connectivity index (χ3v) is 4.30. The summed E-state index contributed by atoms with van der Waals surface area (Å²) < 4.78 is 0. The molecule has 0 atom stereocenters. The molecule has 5 heteroatoms. The van der Waals surface area contributed by atoms with Crippen molar-refractivity contribution in [3.63, 3.8) is 0 Å². The summed E-state index contributed by atoms with van der Waals surface area (Å²) in [5.41, 5.74) is 2.09. The van der Waals surface area contributed by atoms with Crippen molar-refractivity contribution in [3.8, 4) is 0 Å². The summed E-state index contributed by atoms with van der Waals surface area (Å²) in [7, 11) is 0. The number of para-hydroxylation sites is 1. The van der Waals surface area contributed by atoms with Gasteiger partial charge in [0.2, 0.25) is 0 Å². The van der Waals surface area contributed by atoms with Gasteiger partial charge in [0.25, 0.3) is 0 Å². The van der Waals surface area contributed by atoms with Gasteiger partial charge in [0.1, 0.15) is 6.33 Å². The summed E-state index contributed by atoms with van der Waals surface area (Å²) in [6, 6.07) is 8.07. The number of fused-ring (bicyclic) bond motifs is 1. The summed E-state index contributed by atoms with van der Waals surface area (Å²) in [4.78, 5) is 21.1. The number of nitrogens with zero attached hydrogens (tertiary/aromatic N) is 3. The Morgan fingerprint density at radius 1 is 1.24 bits per heavy atom. The molecule has 0 unspecified atom stereocenters. The molecule has 1 N–H and O–H groups in total. The molecule has 1 aromatic heterocycles. The molecule has 1 fully saturated rings. The van der Waals surface area contributed by atoms with Crippen LogP contribution in [0.25, 0.3) is 10.9 Å². The smallest absolute Gasteiger partial charge is 0.407 e. The van der Waals surface area contributed by atoms with E-state index in [-0.39, 0.29) is 0 Å². The molecular formula is C16H19N3O2. The van der Waals surface area contributed by atoms with Crippen LogP contribution in [0.3, 0.4) is 0 Å². The van der Waals surface area contributed by atoms with Crippen LogP contribution in [0.15, 0.2) is 30.6 Å². The molecule has 3 rings (SSSR count). The van der Waals surface area contributed by atoms with Crippen molar-refractivity contribution >= 4 is 17.0 Å². The molecule has 0 aliphatic carbocycles. The van der Waals surface area contributed by atoms with Gasteiger partial charge in [-0.2, -0.15) is 0 Å². The van der Waals surface area contributed by atoms with Gasteiger partial charge in [0.05, 0.1) is 11.2 Å². The SMILES string of the molecule is O=C(O)N1CCC(CCc2ncnc3ccccc23)CC1. The van der Waals surface area contributed by atoms with Crippen molar-refractivity contribution in [2.45, 2.75) is 25.7 Å². The first-order valence-corrected chi connectivity index (χ1v) is 7.40. The first-order chi connectivity index (χ1) is 10.2. The molecule has 1 aromatic carbocycles. The Morgan fingerprint density at radius 3 is 2.76 bits per heavy atom. The molecular weight excluding hydrogens is 266 g/mol. The predicted octanol–water partition coefficient (Wildman–Crippen LogP) is 2.95. The molecule has 0 spiro atoms. The Morgan fingerprint density at radius 2 is 2.00 bits per heavy atom. The number of amides is 1. The lowest BCUT2D eigenvalue weighted by molar-refractivity contribution is 0.123. The van der Waals surface area contributed by atoms with Crippen LogP contribution in [0.5, 0.6) is 0 Å². The van der Waals surface area contributed by atoms with Gasteiger partial charge in [-0.25, -0.2) is 14.8 Å². The zero-order valence-corrected chi connectivity index (χ0v) is 11.9. The molecule has 1 saturated heterocycles. The molecule has 0 saturated carbocycles. The van der Waals surface area contributed by atoms with Gasteiger partial charge in [-0.15, -0.1) is 0 Å². The maximum Gasteiger partial charge on any atom is 0.407 e. The molecule has 1 amide bonds. The van der Waals surface area contributed by atoms with E-state index in [0.29, 0.717) is 19.0 Å². The first kappa shape index (κ1) is 13.8. The molecule has 0 radical (unpaired) electrons. The molecule has 1 aliphatic heterocycles. The minimum atomic E-state index is -0.796. The van der Waals surface area contributed by atoms with Gasteiger partial charge in [-0.05, 0) is 37.7 Å². The van der Waals surface area contributed by atoms with Gasteiger partial charge in [-0.1, -0.05) is 18.2 Å². The lowest BCUT2D eigenvalue weighted by Crippen LogP contribution is -2.37. The maximum absolute atomic E-state index is 10.9. The number of piperidine rings is 1. The van der Waals surface area contributed by atoms with Crippen molar-refractivity contribution < 1.29 is 9.90 Å². The third-order valence-electron chi connectivity index (χ3n) is 4.30. The van der Waals surface area contributed by atoms with Gasteiger partial charge >= 0.3 is 6.09 Å². The second-order valence-corrected chi connectivity index (χ2v) is 5.59. The highest BCUT2D eigenvalue weighted by molar-refractivity contribution is 5.80. The van der Waals surface area contributed by atoms with E-state index in [9.17, 15) is 4.79 Å². The largest absolute Gasteiger partial charge is 0.465 e. The summed E-state index contributed by atoms with van der Waals surface area (Å²) in [5, 5.41) is 10.1. The minimum absolute atomic E-state index is 0.592. The highest BCUT2D eigenvalue weighted by Crippen LogP contribution is 2.24. The van der Waals surface area contributed by atoms with E-state index < -0.39 is 6.09 Å². The van der Waals surface area contributed by atoms with E-state index in [1.165, 1.54) is 4.90 Å². The number of carboxylic acid groups (broad SMARTS) is 1. The summed E-state index contributed by atoms with van der Waals surface area (Å²) in [6.07, 6.45) is 4.74. The molecule has 0 bridgehead atoms. The number of benzene rings is 1. The number of rotatable bonds is 3. The summed E-state index contributed by atoms with van der Waals surface area (Å²) >= 11 is 0. The fourth-order valence-electron chi connectivity index (χ4n) is 3.01. The summed E-state index contributed by atoms with van der Waals surface area (Å²) in [6.45, 7) is 1.31. The van der Waals surface area contributed by atoms with E-state index >= 15 is 0 Å². The number of carbonyl (C=O) groups is 1. The Hall–Kier alpha value is -2.17. The van der Waals surface area contributed by atoms with Crippen LogP contribution < -0.4 is 0 Å². The van der Waals surface area contributed by atoms with Crippen molar-refractivity contribution in [1.29, 1.82) is 0 Å². The molecule has 1 aliphatic rings. The van der Waals surface area contributed by atoms with E-state index in [1.54, 1.807) is 6.33 Å². The van der Waals surface area contributed by atoms with E-state index in [2.05, 4.69) is 16.0 Å². The zero-order valence-electron chi connectivity index (χ0n) is 11.9. The van der Waals surface area contributed by atoms with Crippen LogP contribution in [-0.2, 0) is 6.42 Å². The van der Waals surface area contributed by atoms with Crippen LogP contribution in [0.2, 0.25) is 0 Å². The Kier molecular flexibility index (Phi) is 3.99. The van der Waals surface area contributed by atoms with E-state index in [4.69, 9.17) is 5.11 Å². The standard InChI is InChI=1S/C16H19N3O2/c20-16(21)19-9-7-12(8-10-19)5-6-15-13-3-1-2-4-14(13)17-11-18-15/h1-4,11-12H,5-10H2,(H,20,21). The van der Waals surface area contributed by atoms with Crippen LogP contribution in [0.1, 0.15) is 25.0 Å². The number of aryl methyl sites for hydroxylation is 1. The third kappa shape index (κ3) is 3.12. The van der Waals surface area contributed by atoms with Gasteiger partial charge in [0, 0.05) is 18.5 Å².